The molecule has 27 heavy (non-hydrogen) atoms. The Bertz CT molecular complexity index is 1100. The highest BCUT2D eigenvalue weighted by Gasteiger charge is 2.32. The maximum absolute atomic E-state index is 12.9. The number of nitrogens with one attached hydrogen (secondary N) is 1. The predicted octanol–water partition coefficient (Wildman–Crippen LogP) is 3.36. The molecule has 0 saturated carbocycles. The quantitative estimate of drug-likeness (QED) is 0.736. The lowest BCUT2D eigenvalue weighted by atomic mass is 10.0. The summed E-state index contributed by atoms with van der Waals surface area (Å²) in [4.78, 5) is 26.3. The first-order valence-electron chi connectivity index (χ1n) is 9.05. The number of thioether (sulfide) groups is 1. The van der Waals surface area contributed by atoms with Crippen molar-refractivity contribution in [2.75, 3.05) is 13.2 Å². The summed E-state index contributed by atoms with van der Waals surface area (Å²) in [6, 6.07) is 6.23. The van der Waals surface area contributed by atoms with E-state index < -0.39 is 0 Å². The summed E-state index contributed by atoms with van der Waals surface area (Å²) in [7, 11) is 0. The second kappa shape index (κ2) is 6.61. The lowest BCUT2D eigenvalue weighted by molar-refractivity contribution is 0.0666. The van der Waals surface area contributed by atoms with Crippen molar-refractivity contribution in [2.45, 2.75) is 31.1 Å². The lowest BCUT2D eigenvalue weighted by Gasteiger charge is -2.26. The SMILES string of the molecule is CC1=Nc2c(c(=O)[nH]n2C2CCOCC2)[C@H](c2ccc3nccnc3c2)S1. The summed E-state index contributed by atoms with van der Waals surface area (Å²) in [5.74, 6) is 0.757. The average Bonchev–Trinajstić information content (AvgIpc) is 3.04. The third-order valence-corrected chi connectivity index (χ3v) is 6.28. The van der Waals surface area contributed by atoms with E-state index in [-0.39, 0.29) is 16.9 Å². The molecule has 2 aliphatic rings. The van der Waals surface area contributed by atoms with Gasteiger partial charge in [0, 0.05) is 25.6 Å². The number of H-pyrrole nitrogens is 1. The molecule has 1 aromatic carbocycles. The Hall–Kier alpha value is -2.45. The van der Waals surface area contributed by atoms with Gasteiger partial charge < -0.3 is 4.74 Å². The van der Waals surface area contributed by atoms with Crippen molar-refractivity contribution < 1.29 is 4.74 Å². The van der Waals surface area contributed by atoms with Crippen LogP contribution in [0.1, 0.15) is 42.2 Å². The van der Waals surface area contributed by atoms with Crippen LogP contribution in [0.25, 0.3) is 11.0 Å². The minimum Gasteiger partial charge on any atom is -0.381 e. The molecule has 1 fully saturated rings. The molecule has 0 unspecified atom stereocenters. The maximum atomic E-state index is 12.9. The maximum Gasteiger partial charge on any atom is 0.271 e. The number of aromatic nitrogens is 4. The molecule has 7 nitrogen and oxygen atoms in total. The van der Waals surface area contributed by atoms with E-state index in [2.05, 4.69) is 15.1 Å². The smallest absolute Gasteiger partial charge is 0.271 e. The van der Waals surface area contributed by atoms with Crippen LogP contribution in [-0.4, -0.2) is 38.0 Å². The number of benzene rings is 1. The summed E-state index contributed by atoms with van der Waals surface area (Å²) in [6.07, 6.45) is 5.14. The fraction of sp³-hybridized carbons (Fsp3) is 0.368. The van der Waals surface area contributed by atoms with Gasteiger partial charge in [-0.3, -0.25) is 24.5 Å². The Labute approximate surface area is 159 Å². The van der Waals surface area contributed by atoms with Gasteiger partial charge >= 0.3 is 0 Å². The molecule has 8 heteroatoms. The van der Waals surface area contributed by atoms with Gasteiger partial charge in [-0.05, 0) is 37.5 Å². The highest BCUT2D eigenvalue weighted by Crippen LogP contribution is 2.45. The number of ether oxygens (including phenoxy) is 1. The van der Waals surface area contributed by atoms with E-state index in [1.165, 1.54) is 0 Å². The van der Waals surface area contributed by atoms with Crippen LogP contribution in [0.15, 0.2) is 40.4 Å². The van der Waals surface area contributed by atoms with Gasteiger partial charge in [-0.25, -0.2) is 4.99 Å². The molecule has 1 saturated heterocycles. The van der Waals surface area contributed by atoms with Gasteiger partial charge in [0.15, 0.2) is 5.82 Å². The standard InChI is InChI=1S/C19H19N5O2S/c1-11-22-18-16(19(25)23-24(18)13-4-8-26-9-5-13)17(27-11)12-2-3-14-15(10-12)21-7-6-20-14/h2-3,6-7,10,13,17H,4-5,8-9H2,1H3,(H,23,25)/t17-/m0/s1. The van der Waals surface area contributed by atoms with Gasteiger partial charge in [0.05, 0.1) is 32.9 Å². The fourth-order valence-electron chi connectivity index (χ4n) is 3.79. The van der Waals surface area contributed by atoms with Crippen LogP contribution in [0.3, 0.4) is 0 Å². The molecule has 4 heterocycles. The first-order chi connectivity index (χ1) is 13.2. The molecule has 2 aromatic heterocycles. The summed E-state index contributed by atoms with van der Waals surface area (Å²) < 4.78 is 7.42. The molecular weight excluding hydrogens is 362 g/mol. The van der Waals surface area contributed by atoms with Crippen molar-refractivity contribution in [2.24, 2.45) is 4.99 Å². The van der Waals surface area contributed by atoms with Gasteiger partial charge in [0.25, 0.3) is 5.56 Å². The number of fused-ring (bicyclic) bond motifs is 2. The minimum absolute atomic E-state index is 0.0653. The number of rotatable bonds is 2. The van der Waals surface area contributed by atoms with Gasteiger partial charge in [0.2, 0.25) is 0 Å². The molecule has 0 amide bonds. The first-order valence-corrected chi connectivity index (χ1v) is 9.93. The molecule has 0 aliphatic carbocycles. The predicted molar refractivity (Wildman–Crippen MR) is 106 cm³/mol. The van der Waals surface area contributed by atoms with E-state index in [1.54, 1.807) is 24.2 Å². The molecule has 138 valence electrons. The van der Waals surface area contributed by atoms with Crippen LogP contribution in [0, 0.1) is 0 Å². The van der Waals surface area contributed by atoms with E-state index in [0.29, 0.717) is 13.2 Å². The second-order valence-electron chi connectivity index (χ2n) is 6.82. The zero-order valence-electron chi connectivity index (χ0n) is 14.9. The van der Waals surface area contributed by atoms with Gasteiger partial charge in [-0.1, -0.05) is 17.8 Å². The molecule has 2 aliphatic heterocycles. The Morgan fingerprint density at radius 3 is 2.78 bits per heavy atom. The summed E-state index contributed by atoms with van der Waals surface area (Å²) in [5, 5.41) is 3.89. The van der Waals surface area contributed by atoms with E-state index in [4.69, 9.17) is 9.73 Å². The molecule has 5 rings (SSSR count). The highest BCUT2D eigenvalue weighted by molar-refractivity contribution is 8.14. The number of aliphatic imine (C=N–C) groups is 1. The molecular formula is C19H19N5O2S. The Kier molecular flexibility index (Phi) is 4.09. The minimum atomic E-state index is -0.103. The average molecular weight is 381 g/mol. The van der Waals surface area contributed by atoms with Gasteiger partial charge in [-0.2, -0.15) is 0 Å². The zero-order chi connectivity index (χ0) is 18.4. The van der Waals surface area contributed by atoms with Crippen molar-refractivity contribution >= 4 is 33.7 Å². The van der Waals surface area contributed by atoms with Gasteiger partial charge in [0.1, 0.15) is 0 Å². The van der Waals surface area contributed by atoms with Crippen LogP contribution >= 0.6 is 11.8 Å². The van der Waals surface area contributed by atoms with Crippen molar-refractivity contribution in [3.8, 4) is 0 Å². The van der Waals surface area contributed by atoms with Crippen LogP contribution in [0.5, 0.6) is 0 Å². The van der Waals surface area contributed by atoms with Crippen molar-refractivity contribution in [1.82, 2.24) is 19.7 Å². The van der Waals surface area contributed by atoms with E-state index in [0.717, 1.165) is 45.9 Å². The monoisotopic (exact) mass is 381 g/mol. The van der Waals surface area contributed by atoms with Crippen molar-refractivity contribution in [3.05, 3.63) is 52.1 Å². The number of aromatic amines is 1. The Balaban J connectivity index is 1.63. The van der Waals surface area contributed by atoms with E-state index in [1.807, 2.05) is 29.8 Å². The van der Waals surface area contributed by atoms with Crippen LogP contribution < -0.4 is 5.56 Å². The fourth-order valence-corrected chi connectivity index (χ4v) is 4.89. The van der Waals surface area contributed by atoms with Crippen LogP contribution in [-0.2, 0) is 4.74 Å². The third-order valence-electron chi connectivity index (χ3n) is 5.10. The normalized spacial score (nSPS) is 20.5. The van der Waals surface area contributed by atoms with E-state index >= 15 is 0 Å². The third kappa shape index (κ3) is 2.89. The van der Waals surface area contributed by atoms with Gasteiger partial charge in [-0.15, -0.1) is 0 Å². The first kappa shape index (κ1) is 16.7. The molecule has 0 radical (unpaired) electrons. The van der Waals surface area contributed by atoms with Crippen LogP contribution in [0.4, 0.5) is 5.82 Å². The molecule has 1 N–H and O–H groups in total. The summed E-state index contributed by atoms with van der Waals surface area (Å²) in [6.45, 7) is 3.42. The number of nitrogens with zero attached hydrogens (tertiary/aromatic N) is 4. The largest absolute Gasteiger partial charge is 0.381 e. The summed E-state index contributed by atoms with van der Waals surface area (Å²) in [5.41, 5.74) is 3.38. The lowest BCUT2D eigenvalue weighted by Crippen LogP contribution is -2.21. The molecule has 3 aromatic rings. The highest BCUT2D eigenvalue weighted by atomic mass is 32.2. The topological polar surface area (TPSA) is 85.2 Å². The molecule has 0 bridgehead atoms. The van der Waals surface area contributed by atoms with Crippen molar-refractivity contribution in [1.29, 1.82) is 0 Å². The second-order valence-corrected chi connectivity index (χ2v) is 8.12. The molecule has 1 atom stereocenters. The Morgan fingerprint density at radius 2 is 1.96 bits per heavy atom. The van der Waals surface area contributed by atoms with Crippen LogP contribution in [0.2, 0.25) is 0 Å². The zero-order valence-corrected chi connectivity index (χ0v) is 15.7. The summed E-state index contributed by atoms with van der Waals surface area (Å²) >= 11 is 1.61. The van der Waals surface area contributed by atoms with Crippen molar-refractivity contribution in [3.63, 3.8) is 0 Å². The number of hydrogen-bond donors (Lipinski definition) is 1. The number of hydrogen-bond acceptors (Lipinski definition) is 6. The Morgan fingerprint density at radius 1 is 1.19 bits per heavy atom. The van der Waals surface area contributed by atoms with E-state index in [9.17, 15) is 4.79 Å². The molecule has 0 spiro atoms.